The van der Waals surface area contributed by atoms with Crippen molar-refractivity contribution in [1.29, 1.82) is 0 Å². The molecule has 0 aromatic rings. The molecule has 1 saturated carbocycles. The summed E-state index contributed by atoms with van der Waals surface area (Å²) in [5.74, 6) is -0.413. The summed E-state index contributed by atoms with van der Waals surface area (Å²) in [5, 5.41) is 9.59. The van der Waals surface area contributed by atoms with E-state index in [4.69, 9.17) is 14.2 Å². The van der Waals surface area contributed by atoms with E-state index in [9.17, 15) is 14.7 Å². The van der Waals surface area contributed by atoms with E-state index in [1.54, 1.807) is 13.0 Å². The van der Waals surface area contributed by atoms with Gasteiger partial charge in [-0.3, -0.25) is 9.59 Å². The molecular weight excluding hydrogens is 300 g/mol. The Morgan fingerprint density at radius 1 is 1.48 bits per heavy atom. The molecule has 3 fully saturated rings. The van der Waals surface area contributed by atoms with Crippen molar-refractivity contribution in [2.75, 3.05) is 6.61 Å². The smallest absolute Gasteiger partial charge is 0.303 e. The molecule has 6 nitrogen and oxygen atoms in total. The number of hydrogen-bond acceptors (Lipinski definition) is 6. The third-order valence-corrected chi connectivity index (χ3v) is 6.43. The van der Waals surface area contributed by atoms with E-state index in [2.05, 4.69) is 6.92 Å². The van der Waals surface area contributed by atoms with Crippen LogP contribution in [-0.2, 0) is 23.8 Å². The zero-order valence-electron chi connectivity index (χ0n) is 13.8. The molecule has 0 unspecified atom stereocenters. The molecule has 4 aliphatic rings. The van der Waals surface area contributed by atoms with Crippen molar-refractivity contribution in [2.45, 2.75) is 63.6 Å². The molecule has 1 spiro atoms. The maximum absolute atomic E-state index is 12.6. The van der Waals surface area contributed by atoms with Crippen molar-refractivity contribution < 1.29 is 28.9 Å². The Bertz CT molecular complexity index is 641. The molecule has 2 aliphatic heterocycles. The van der Waals surface area contributed by atoms with Crippen LogP contribution in [0.15, 0.2) is 11.6 Å². The van der Waals surface area contributed by atoms with Crippen LogP contribution in [0.5, 0.6) is 0 Å². The molecule has 23 heavy (non-hydrogen) atoms. The molecule has 0 radical (unpaired) electrons. The summed E-state index contributed by atoms with van der Waals surface area (Å²) in [6.07, 6.45) is 1.51. The zero-order valence-corrected chi connectivity index (χ0v) is 13.8. The summed E-state index contributed by atoms with van der Waals surface area (Å²) in [6.45, 7) is 7.08. The van der Waals surface area contributed by atoms with E-state index in [0.29, 0.717) is 6.42 Å². The van der Waals surface area contributed by atoms with Gasteiger partial charge in [0.05, 0.1) is 6.61 Å². The highest BCUT2D eigenvalue weighted by Crippen LogP contribution is 2.65. The molecular formula is C17H22O6. The normalized spacial score (nSPS) is 53.3. The molecule has 0 amide bonds. The van der Waals surface area contributed by atoms with Gasteiger partial charge in [0.25, 0.3) is 0 Å². The van der Waals surface area contributed by atoms with Crippen LogP contribution in [-0.4, -0.2) is 53.0 Å². The highest BCUT2D eigenvalue weighted by molar-refractivity contribution is 6.02. The minimum Gasteiger partial charge on any atom is -0.459 e. The predicted molar refractivity (Wildman–Crippen MR) is 78.5 cm³/mol. The number of aliphatic hydroxyl groups is 1. The van der Waals surface area contributed by atoms with Crippen LogP contribution in [0.4, 0.5) is 0 Å². The molecule has 126 valence electrons. The first kappa shape index (κ1) is 15.3. The summed E-state index contributed by atoms with van der Waals surface area (Å²) >= 11 is 0. The monoisotopic (exact) mass is 322 g/mol. The van der Waals surface area contributed by atoms with E-state index in [0.717, 1.165) is 5.57 Å². The average Bonchev–Trinajstić information content (AvgIpc) is 3.36. The van der Waals surface area contributed by atoms with Crippen molar-refractivity contribution in [1.82, 2.24) is 0 Å². The van der Waals surface area contributed by atoms with Gasteiger partial charge in [-0.15, -0.1) is 0 Å². The number of hydrogen-bond donors (Lipinski definition) is 1. The molecule has 1 N–H and O–H groups in total. The molecule has 2 heterocycles. The molecule has 2 aliphatic carbocycles. The fraction of sp³-hybridized carbons (Fsp3) is 0.765. The molecule has 2 saturated heterocycles. The first-order valence-corrected chi connectivity index (χ1v) is 8.09. The predicted octanol–water partition coefficient (Wildman–Crippen LogP) is 0.761. The van der Waals surface area contributed by atoms with E-state index < -0.39 is 11.2 Å². The molecule has 0 bridgehead atoms. The molecule has 0 aromatic carbocycles. The highest BCUT2D eigenvalue weighted by Gasteiger charge is 2.76. The number of aliphatic hydroxyl groups excluding tert-OH is 1. The van der Waals surface area contributed by atoms with Gasteiger partial charge in [0.2, 0.25) is 0 Å². The maximum atomic E-state index is 12.6. The van der Waals surface area contributed by atoms with Gasteiger partial charge in [-0.05, 0) is 25.0 Å². The fourth-order valence-corrected chi connectivity index (χ4v) is 4.64. The summed E-state index contributed by atoms with van der Waals surface area (Å²) in [4.78, 5) is 24.0. The van der Waals surface area contributed by atoms with Gasteiger partial charge in [0.1, 0.15) is 23.9 Å². The largest absolute Gasteiger partial charge is 0.459 e. The van der Waals surface area contributed by atoms with Gasteiger partial charge in [-0.25, -0.2) is 0 Å². The lowest BCUT2D eigenvalue weighted by molar-refractivity contribution is -0.153. The third-order valence-electron chi connectivity index (χ3n) is 6.43. The van der Waals surface area contributed by atoms with Crippen LogP contribution in [0.1, 0.15) is 34.1 Å². The second kappa shape index (κ2) is 4.23. The van der Waals surface area contributed by atoms with Gasteiger partial charge in [0, 0.05) is 18.3 Å². The van der Waals surface area contributed by atoms with Crippen molar-refractivity contribution in [3.63, 3.8) is 0 Å². The fourth-order valence-electron chi connectivity index (χ4n) is 4.64. The Labute approximate surface area is 134 Å². The lowest BCUT2D eigenvalue weighted by atomic mass is 9.56. The van der Waals surface area contributed by atoms with E-state index in [-0.39, 0.29) is 48.0 Å². The summed E-state index contributed by atoms with van der Waals surface area (Å²) < 4.78 is 17.0. The number of carbonyl (C=O) groups excluding carboxylic acids is 2. The summed E-state index contributed by atoms with van der Waals surface area (Å²) in [7, 11) is 0. The number of epoxide rings is 2. The van der Waals surface area contributed by atoms with Crippen molar-refractivity contribution >= 4 is 11.8 Å². The molecule has 4 rings (SSSR count). The Hall–Kier alpha value is -1.24. The number of ether oxygens (including phenoxy) is 3. The first-order valence-electron chi connectivity index (χ1n) is 8.09. The maximum Gasteiger partial charge on any atom is 0.303 e. The lowest BCUT2D eigenvalue weighted by Gasteiger charge is -2.47. The van der Waals surface area contributed by atoms with Gasteiger partial charge in [-0.1, -0.05) is 13.8 Å². The van der Waals surface area contributed by atoms with Crippen LogP contribution >= 0.6 is 0 Å². The third kappa shape index (κ3) is 1.74. The standard InChI is InChI=1S/C17H22O6/c1-8-12(21-9(2)19)14-13(22-14)10-5-11(20)17(6-15(8,10)3)16(4,7-18)23-17/h5,8,12-14,18H,6-7H2,1-4H3/t8-,12+,13+,14-,15+,16+,17-/m1/s1. The quantitative estimate of drug-likeness (QED) is 0.596. The zero-order chi connectivity index (χ0) is 16.8. The van der Waals surface area contributed by atoms with Gasteiger partial charge in [0.15, 0.2) is 11.4 Å². The molecule has 7 atom stereocenters. The van der Waals surface area contributed by atoms with E-state index >= 15 is 0 Å². The lowest BCUT2D eigenvalue weighted by Crippen LogP contribution is -2.53. The van der Waals surface area contributed by atoms with Crippen LogP contribution in [0.25, 0.3) is 0 Å². The first-order chi connectivity index (χ1) is 10.7. The Morgan fingerprint density at radius 3 is 2.74 bits per heavy atom. The van der Waals surface area contributed by atoms with E-state index in [1.165, 1.54) is 6.92 Å². The summed E-state index contributed by atoms with van der Waals surface area (Å²) in [5.41, 5.74) is -1.17. The average molecular weight is 322 g/mol. The second-order valence-electron chi connectivity index (χ2n) is 7.76. The van der Waals surface area contributed by atoms with Gasteiger partial charge in [-0.2, -0.15) is 0 Å². The number of esters is 1. The van der Waals surface area contributed by atoms with Crippen LogP contribution in [0.2, 0.25) is 0 Å². The van der Waals surface area contributed by atoms with Crippen LogP contribution in [0.3, 0.4) is 0 Å². The Morgan fingerprint density at radius 2 is 2.17 bits per heavy atom. The minimum absolute atomic E-state index is 0.00137. The minimum atomic E-state index is -0.962. The van der Waals surface area contributed by atoms with Crippen LogP contribution < -0.4 is 0 Å². The van der Waals surface area contributed by atoms with Gasteiger partial charge < -0.3 is 19.3 Å². The van der Waals surface area contributed by atoms with Crippen molar-refractivity contribution in [3.05, 3.63) is 11.6 Å². The molecule has 6 heteroatoms. The second-order valence-corrected chi connectivity index (χ2v) is 7.76. The Kier molecular flexibility index (Phi) is 2.82. The topological polar surface area (TPSA) is 88.7 Å². The number of carbonyl (C=O) groups is 2. The van der Waals surface area contributed by atoms with Crippen molar-refractivity contribution in [2.24, 2.45) is 11.3 Å². The van der Waals surface area contributed by atoms with Crippen molar-refractivity contribution in [3.8, 4) is 0 Å². The van der Waals surface area contributed by atoms with E-state index in [1.807, 2.05) is 6.92 Å². The number of ketones is 1. The van der Waals surface area contributed by atoms with Crippen LogP contribution in [0, 0.1) is 11.3 Å². The SMILES string of the molecule is CC(=O)O[C@@H]1[C@H]2O[C@H]2C2=CC(=O)[C@@]3(C[C@@]2(C)[C@@H]1C)O[C@@]3(C)CO. The highest BCUT2D eigenvalue weighted by atomic mass is 16.6. The summed E-state index contributed by atoms with van der Waals surface area (Å²) in [6, 6.07) is 0. The number of rotatable bonds is 2. The number of fused-ring (bicyclic) bond motifs is 3. The van der Waals surface area contributed by atoms with Gasteiger partial charge >= 0.3 is 5.97 Å². The Balaban J connectivity index is 1.73. The molecule has 0 aromatic heterocycles.